The third-order valence-electron chi connectivity index (χ3n) is 5.59. The molecule has 0 radical (unpaired) electrons. The highest BCUT2D eigenvalue weighted by Gasteiger charge is 2.41. The monoisotopic (exact) mass is 354 g/mol. The van der Waals surface area contributed by atoms with Gasteiger partial charge in [-0.2, -0.15) is 13.2 Å². The molecule has 2 aliphatic heterocycles. The van der Waals surface area contributed by atoms with Gasteiger partial charge in [-0.05, 0) is 43.3 Å². The summed E-state index contributed by atoms with van der Waals surface area (Å²) in [6, 6.07) is 9.94. The molecule has 138 valence electrons. The number of piperidine rings is 2. The summed E-state index contributed by atoms with van der Waals surface area (Å²) in [5.41, 5.74) is 1.20. The molecule has 0 bridgehead atoms. The Kier molecular flexibility index (Phi) is 5.37. The summed E-state index contributed by atoms with van der Waals surface area (Å²) < 4.78 is 37.2. The summed E-state index contributed by atoms with van der Waals surface area (Å²) in [5, 5.41) is 0. The number of halogens is 3. The minimum atomic E-state index is -4.08. The van der Waals surface area contributed by atoms with E-state index in [4.69, 9.17) is 0 Å². The first-order chi connectivity index (χ1) is 11.9. The van der Waals surface area contributed by atoms with Crippen molar-refractivity contribution in [3.63, 3.8) is 0 Å². The predicted molar refractivity (Wildman–Crippen MR) is 89.9 cm³/mol. The Morgan fingerprint density at radius 1 is 1.04 bits per heavy atom. The molecule has 2 aliphatic rings. The van der Waals surface area contributed by atoms with Crippen molar-refractivity contribution >= 4 is 5.91 Å². The van der Waals surface area contributed by atoms with Crippen LogP contribution in [0.1, 0.15) is 37.7 Å². The van der Waals surface area contributed by atoms with Crippen molar-refractivity contribution < 1.29 is 18.0 Å². The quantitative estimate of drug-likeness (QED) is 0.820. The molecule has 1 spiro atoms. The molecule has 2 heterocycles. The lowest BCUT2D eigenvalue weighted by Gasteiger charge is -2.47. The van der Waals surface area contributed by atoms with Crippen molar-refractivity contribution in [3.8, 4) is 0 Å². The van der Waals surface area contributed by atoms with Gasteiger partial charge in [-0.15, -0.1) is 0 Å². The SMILES string of the molecule is O=C1CCC2(CCN(CCC(F)(F)F)CC2)CN1Cc1ccccc1. The van der Waals surface area contributed by atoms with Gasteiger partial charge in [0.1, 0.15) is 0 Å². The molecule has 1 aromatic rings. The second kappa shape index (κ2) is 7.36. The molecule has 0 aliphatic carbocycles. The second-order valence-corrected chi connectivity index (χ2v) is 7.44. The Morgan fingerprint density at radius 2 is 1.72 bits per heavy atom. The number of nitrogens with zero attached hydrogens (tertiary/aromatic N) is 2. The van der Waals surface area contributed by atoms with Gasteiger partial charge in [-0.25, -0.2) is 0 Å². The van der Waals surface area contributed by atoms with Crippen molar-refractivity contribution in [1.82, 2.24) is 9.80 Å². The van der Waals surface area contributed by atoms with Crippen molar-refractivity contribution in [1.29, 1.82) is 0 Å². The van der Waals surface area contributed by atoms with Crippen molar-refractivity contribution in [3.05, 3.63) is 35.9 Å². The number of benzene rings is 1. The van der Waals surface area contributed by atoms with Gasteiger partial charge in [0.25, 0.3) is 0 Å². The Morgan fingerprint density at radius 3 is 2.36 bits per heavy atom. The second-order valence-electron chi connectivity index (χ2n) is 7.44. The van der Waals surface area contributed by atoms with Crippen molar-refractivity contribution in [2.75, 3.05) is 26.2 Å². The van der Waals surface area contributed by atoms with E-state index in [0.717, 1.165) is 31.4 Å². The molecule has 0 saturated carbocycles. The van der Waals surface area contributed by atoms with Gasteiger partial charge >= 0.3 is 6.18 Å². The van der Waals surface area contributed by atoms with Crippen molar-refractivity contribution in [2.24, 2.45) is 5.41 Å². The maximum absolute atomic E-state index is 12.4. The van der Waals surface area contributed by atoms with Gasteiger partial charge < -0.3 is 9.80 Å². The maximum atomic E-state index is 12.4. The zero-order valence-corrected chi connectivity index (χ0v) is 14.4. The molecule has 0 atom stereocenters. The summed E-state index contributed by atoms with van der Waals surface area (Å²) in [4.78, 5) is 16.1. The minimum Gasteiger partial charge on any atom is -0.338 e. The van der Waals surface area contributed by atoms with E-state index in [1.54, 1.807) is 0 Å². The van der Waals surface area contributed by atoms with Crippen LogP contribution in [0.15, 0.2) is 30.3 Å². The van der Waals surface area contributed by atoms with E-state index < -0.39 is 12.6 Å². The van der Waals surface area contributed by atoms with E-state index in [1.165, 1.54) is 0 Å². The van der Waals surface area contributed by atoms with Gasteiger partial charge in [0.2, 0.25) is 5.91 Å². The summed E-state index contributed by atoms with van der Waals surface area (Å²) in [5.74, 6) is 0.189. The highest BCUT2D eigenvalue weighted by Crippen LogP contribution is 2.40. The molecular weight excluding hydrogens is 329 g/mol. The summed E-state index contributed by atoms with van der Waals surface area (Å²) in [7, 11) is 0. The van der Waals surface area contributed by atoms with Crippen molar-refractivity contribution in [2.45, 2.75) is 44.8 Å². The Labute approximate surface area is 146 Å². The number of likely N-dealkylation sites (tertiary alicyclic amines) is 2. The van der Waals surface area contributed by atoms with E-state index in [1.807, 2.05) is 40.1 Å². The Balaban J connectivity index is 1.55. The number of amides is 1. The number of hydrogen-bond acceptors (Lipinski definition) is 2. The smallest absolute Gasteiger partial charge is 0.338 e. The van der Waals surface area contributed by atoms with E-state index >= 15 is 0 Å². The standard InChI is InChI=1S/C19H25F3N2O/c20-19(21,22)10-13-23-11-8-18(9-12-23)7-6-17(25)24(15-18)14-16-4-2-1-3-5-16/h1-5H,6-15H2. The van der Waals surface area contributed by atoms with E-state index in [2.05, 4.69) is 0 Å². The molecule has 1 amide bonds. The zero-order chi connectivity index (χ0) is 17.9. The van der Waals surface area contributed by atoms with Gasteiger partial charge in [0.05, 0.1) is 6.42 Å². The molecule has 0 unspecified atom stereocenters. The van der Waals surface area contributed by atoms with Gasteiger partial charge in [0.15, 0.2) is 0 Å². The van der Waals surface area contributed by atoms with Gasteiger partial charge in [0, 0.05) is 26.1 Å². The maximum Gasteiger partial charge on any atom is 0.390 e. The molecule has 1 aromatic carbocycles. The third-order valence-corrected chi connectivity index (χ3v) is 5.59. The van der Waals surface area contributed by atoms with Crippen LogP contribution in [0.4, 0.5) is 13.2 Å². The first kappa shape index (κ1) is 18.2. The minimum absolute atomic E-state index is 0.0808. The summed E-state index contributed by atoms with van der Waals surface area (Å²) in [6.07, 6.45) is -1.65. The normalized spacial score (nSPS) is 21.7. The van der Waals surface area contributed by atoms with Gasteiger partial charge in [-0.1, -0.05) is 30.3 Å². The highest BCUT2D eigenvalue weighted by atomic mass is 19.4. The fourth-order valence-corrected chi connectivity index (χ4v) is 3.99. The topological polar surface area (TPSA) is 23.6 Å². The van der Waals surface area contributed by atoms with E-state index in [0.29, 0.717) is 26.1 Å². The molecule has 2 saturated heterocycles. The van der Waals surface area contributed by atoms with Gasteiger partial charge in [-0.3, -0.25) is 4.79 Å². The lowest BCUT2D eigenvalue weighted by Crippen LogP contribution is -2.51. The number of carbonyl (C=O) groups excluding carboxylic acids is 1. The fraction of sp³-hybridized carbons (Fsp3) is 0.632. The predicted octanol–water partition coefficient (Wildman–Crippen LogP) is 3.84. The molecule has 0 aromatic heterocycles. The van der Waals surface area contributed by atoms with Crippen LogP contribution >= 0.6 is 0 Å². The Hall–Kier alpha value is -1.56. The van der Waals surface area contributed by atoms with E-state index in [9.17, 15) is 18.0 Å². The van der Waals surface area contributed by atoms with Crippen LogP contribution in [0.2, 0.25) is 0 Å². The lowest BCUT2D eigenvalue weighted by molar-refractivity contribution is -0.144. The molecule has 3 nitrogen and oxygen atoms in total. The zero-order valence-electron chi connectivity index (χ0n) is 14.4. The fourth-order valence-electron chi connectivity index (χ4n) is 3.99. The van der Waals surface area contributed by atoms with Crippen LogP contribution < -0.4 is 0 Å². The highest BCUT2D eigenvalue weighted by molar-refractivity contribution is 5.77. The molecule has 6 heteroatoms. The number of hydrogen-bond donors (Lipinski definition) is 0. The van der Waals surface area contributed by atoms with Crippen LogP contribution in [0.5, 0.6) is 0 Å². The molecule has 2 fully saturated rings. The third kappa shape index (κ3) is 4.97. The number of carbonyl (C=O) groups is 1. The summed E-state index contributed by atoms with van der Waals surface area (Å²) >= 11 is 0. The van der Waals surface area contributed by atoms with Crippen LogP contribution in [-0.4, -0.2) is 48.1 Å². The van der Waals surface area contributed by atoms with Crippen LogP contribution in [0.3, 0.4) is 0 Å². The summed E-state index contributed by atoms with van der Waals surface area (Å²) in [6.45, 7) is 2.84. The van der Waals surface area contributed by atoms with Crippen LogP contribution in [-0.2, 0) is 11.3 Å². The molecule has 25 heavy (non-hydrogen) atoms. The average molecular weight is 354 g/mol. The van der Waals surface area contributed by atoms with E-state index in [-0.39, 0.29) is 17.9 Å². The molecule has 0 N–H and O–H groups in total. The molecular formula is C19H25F3N2O. The van der Waals surface area contributed by atoms with Crippen LogP contribution in [0, 0.1) is 5.41 Å². The molecule has 3 rings (SSSR count). The first-order valence-corrected chi connectivity index (χ1v) is 8.96. The largest absolute Gasteiger partial charge is 0.390 e. The number of rotatable bonds is 4. The lowest BCUT2D eigenvalue weighted by atomic mass is 9.72. The average Bonchev–Trinajstić information content (AvgIpc) is 2.58. The van der Waals surface area contributed by atoms with Crippen LogP contribution in [0.25, 0.3) is 0 Å². The number of alkyl halides is 3. The first-order valence-electron chi connectivity index (χ1n) is 8.96. The Bertz CT molecular complexity index is 580.